The first kappa shape index (κ1) is 20.3. The Balaban J connectivity index is 1.64. The predicted molar refractivity (Wildman–Crippen MR) is 105 cm³/mol. The van der Waals surface area contributed by atoms with E-state index in [1.54, 1.807) is 12.1 Å². The van der Waals surface area contributed by atoms with E-state index in [0.717, 1.165) is 37.3 Å². The molecule has 1 amide bonds. The minimum absolute atomic E-state index is 0.00291. The SMILES string of the molecule is COc1ccc2cc(C(=O)N[C@H]3C4CCN(CC4)C3(C)C)sc2c1OC(F)(F)F. The topological polar surface area (TPSA) is 50.8 Å². The van der Waals surface area contributed by atoms with Crippen LogP contribution in [0, 0.1) is 5.92 Å². The van der Waals surface area contributed by atoms with E-state index in [0.29, 0.717) is 16.2 Å². The molecule has 0 spiro atoms. The molecular formula is C20H23F3N2O3S. The molecule has 2 aromatic rings. The zero-order valence-corrected chi connectivity index (χ0v) is 17.2. The summed E-state index contributed by atoms with van der Waals surface area (Å²) in [6.07, 6.45) is -2.77. The molecule has 9 heteroatoms. The molecular weight excluding hydrogens is 405 g/mol. The van der Waals surface area contributed by atoms with Gasteiger partial charge in [0.2, 0.25) is 0 Å². The van der Waals surface area contributed by atoms with Crippen molar-refractivity contribution in [1.29, 1.82) is 0 Å². The van der Waals surface area contributed by atoms with Crippen LogP contribution in [0.15, 0.2) is 18.2 Å². The van der Waals surface area contributed by atoms with Gasteiger partial charge in [-0.25, -0.2) is 0 Å². The van der Waals surface area contributed by atoms with E-state index in [-0.39, 0.29) is 27.9 Å². The average molecular weight is 428 g/mol. The average Bonchev–Trinajstić information content (AvgIpc) is 3.09. The maximum absolute atomic E-state index is 13.0. The Morgan fingerprint density at radius 1 is 1.28 bits per heavy atom. The van der Waals surface area contributed by atoms with Gasteiger partial charge in [0.15, 0.2) is 11.5 Å². The summed E-state index contributed by atoms with van der Waals surface area (Å²) in [4.78, 5) is 15.7. The standard InChI is InChI=1S/C20H23F3N2O3S/c1-19(2)17(11-6-8-25(19)9-7-11)24-18(26)14-10-12-4-5-13(27-3)15(16(12)29-14)28-20(21,22)23/h4-5,10-11,17H,6-9H2,1-3H3,(H,24,26)/t17-/m0/s1. The van der Waals surface area contributed by atoms with E-state index in [1.165, 1.54) is 13.2 Å². The number of hydrogen-bond donors (Lipinski definition) is 1. The molecule has 29 heavy (non-hydrogen) atoms. The van der Waals surface area contributed by atoms with Crippen LogP contribution in [0.5, 0.6) is 11.5 Å². The van der Waals surface area contributed by atoms with Crippen LogP contribution in [0.2, 0.25) is 0 Å². The lowest BCUT2D eigenvalue weighted by atomic mass is 9.72. The molecule has 4 heterocycles. The molecule has 3 saturated heterocycles. The molecule has 1 N–H and O–H groups in total. The number of ether oxygens (including phenoxy) is 2. The highest BCUT2D eigenvalue weighted by atomic mass is 32.1. The highest BCUT2D eigenvalue weighted by Gasteiger charge is 2.48. The van der Waals surface area contributed by atoms with E-state index in [9.17, 15) is 18.0 Å². The number of rotatable bonds is 4. The molecule has 1 aromatic carbocycles. The molecule has 1 aromatic heterocycles. The third-order valence-electron chi connectivity index (χ3n) is 6.14. The van der Waals surface area contributed by atoms with Gasteiger partial charge in [-0.15, -0.1) is 24.5 Å². The Morgan fingerprint density at radius 2 is 1.97 bits per heavy atom. The van der Waals surface area contributed by atoms with Gasteiger partial charge in [-0.3, -0.25) is 9.69 Å². The molecule has 0 aliphatic carbocycles. The lowest BCUT2D eigenvalue weighted by Gasteiger charge is -2.56. The second-order valence-electron chi connectivity index (χ2n) is 8.10. The fraction of sp³-hybridized carbons (Fsp3) is 0.550. The molecule has 1 atom stereocenters. The van der Waals surface area contributed by atoms with Gasteiger partial charge in [0.25, 0.3) is 5.91 Å². The Bertz CT molecular complexity index is 933. The van der Waals surface area contributed by atoms with Crippen LogP contribution in [0.1, 0.15) is 36.4 Å². The molecule has 3 fully saturated rings. The molecule has 3 aliphatic heterocycles. The normalized spacial score (nSPS) is 25.8. The maximum Gasteiger partial charge on any atom is 0.573 e. The second-order valence-corrected chi connectivity index (χ2v) is 9.16. The fourth-order valence-corrected chi connectivity index (χ4v) is 5.67. The monoisotopic (exact) mass is 428 g/mol. The fourth-order valence-electron chi connectivity index (χ4n) is 4.63. The molecule has 5 nitrogen and oxygen atoms in total. The van der Waals surface area contributed by atoms with Crippen molar-refractivity contribution < 1.29 is 27.4 Å². The number of benzene rings is 1. The van der Waals surface area contributed by atoms with Crippen LogP contribution >= 0.6 is 11.3 Å². The maximum atomic E-state index is 13.0. The van der Waals surface area contributed by atoms with Crippen LogP contribution in [0.3, 0.4) is 0 Å². The van der Waals surface area contributed by atoms with E-state index < -0.39 is 12.1 Å². The Labute approximate surface area is 170 Å². The van der Waals surface area contributed by atoms with Crippen LogP contribution in [-0.4, -0.2) is 48.9 Å². The highest BCUT2D eigenvalue weighted by Crippen LogP contribution is 2.43. The van der Waals surface area contributed by atoms with Gasteiger partial charge in [-0.1, -0.05) is 0 Å². The van der Waals surface area contributed by atoms with Crippen LogP contribution in [0.25, 0.3) is 10.1 Å². The van der Waals surface area contributed by atoms with Gasteiger partial charge in [0.1, 0.15) is 0 Å². The number of nitrogens with one attached hydrogen (secondary N) is 1. The molecule has 3 aliphatic rings. The van der Waals surface area contributed by atoms with Gasteiger partial charge in [0.05, 0.1) is 16.7 Å². The van der Waals surface area contributed by atoms with Crippen LogP contribution in [-0.2, 0) is 0 Å². The van der Waals surface area contributed by atoms with Crippen molar-refractivity contribution in [3.8, 4) is 11.5 Å². The lowest BCUT2D eigenvalue weighted by molar-refractivity contribution is -0.274. The number of nitrogens with zero attached hydrogens (tertiary/aromatic N) is 1. The summed E-state index contributed by atoms with van der Waals surface area (Å²) < 4.78 is 48.1. The van der Waals surface area contributed by atoms with Crippen molar-refractivity contribution in [2.75, 3.05) is 20.2 Å². The second kappa shape index (κ2) is 7.05. The minimum atomic E-state index is -4.85. The third kappa shape index (κ3) is 3.66. The van der Waals surface area contributed by atoms with Crippen LogP contribution < -0.4 is 14.8 Å². The largest absolute Gasteiger partial charge is 0.573 e. The summed E-state index contributed by atoms with van der Waals surface area (Å²) in [6, 6.07) is 4.65. The summed E-state index contributed by atoms with van der Waals surface area (Å²) in [6.45, 7) is 6.33. The molecule has 0 saturated carbocycles. The van der Waals surface area contributed by atoms with Crippen molar-refractivity contribution in [3.63, 3.8) is 0 Å². The van der Waals surface area contributed by atoms with Gasteiger partial charge in [-0.2, -0.15) is 0 Å². The molecule has 0 unspecified atom stereocenters. The van der Waals surface area contributed by atoms with Gasteiger partial charge >= 0.3 is 6.36 Å². The van der Waals surface area contributed by atoms with Crippen LogP contribution in [0.4, 0.5) is 13.2 Å². The Hall–Kier alpha value is -2.00. The smallest absolute Gasteiger partial charge is 0.493 e. The Kier molecular flexibility index (Phi) is 4.93. The van der Waals surface area contributed by atoms with E-state index in [4.69, 9.17) is 4.74 Å². The molecule has 0 radical (unpaired) electrons. The Morgan fingerprint density at radius 3 is 2.55 bits per heavy atom. The zero-order valence-electron chi connectivity index (χ0n) is 16.4. The summed E-state index contributed by atoms with van der Waals surface area (Å²) in [5, 5.41) is 3.66. The number of halogens is 3. The summed E-state index contributed by atoms with van der Waals surface area (Å²) in [5.41, 5.74) is -0.152. The number of hydrogen-bond acceptors (Lipinski definition) is 5. The number of thiophene rings is 1. The van der Waals surface area contributed by atoms with Gasteiger partial charge in [0, 0.05) is 11.6 Å². The van der Waals surface area contributed by atoms with Crippen molar-refractivity contribution in [3.05, 3.63) is 23.1 Å². The van der Waals surface area contributed by atoms with Crippen molar-refractivity contribution in [2.24, 2.45) is 5.92 Å². The molecule has 5 rings (SSSR count). The number of carbonyl (C=O) groups is 1. The number of piperidine rings is 3. The number of methoxy groups -OCH3 is 1. The third-order valence-corrected chi connectivity index (χ3v) is 7.29. The van der Waals surface area contributed by atoms with Crippen molar-refractivity contribution in [2.45, 2.75) is 44.6 Å². The quantitative estimate of drug-likeness (QED) is 0.784. The highest BCUT2D eigenvalue weighted by molar-refractivity contribution is 7.21. The first-order valence-electron chi connectivity index (χ1n) is 9.52. The summed E-state index contributed by atoms with van der Waals surface area (Å²) in [5.74, 6) is -0.292. The van der Waals surface area contributed by atoms with Gasteiger partial charge in [-0.05, 0) is 69.3 Å². The number of fused-ring (bicyclic) bond motifs is 4. The van der Waals surface area contributed by atoms with Gasteiger partial charge < -0.3 is 14.8 Å². The summed E-state index contributed by atoms with van der Waals surface area (Å²) in [7, 11) is 1.28. The van der Waals surface area contributed by atoms with E-state index in [1.807, 2.05) is 0 Å². The number of carbonyl (C=O) groups excluding carboxylic acids is 1. The predicted octanol–water partition coefficient (Wildman–Crippen LogP) is 4.41. The first-order valence-corrected chi connectivity index (χ1v) is 10.3. The minimum Gasteiger partial charge on any atom is -0.493 e. The number of alkyl halides is 3. The molecule has 2 bridgehead atoms. The zero-order chi connectivity index (χ0) is 21.0. The molecule has 158 valence electrons. The number of amides is 1. The van der Waals surface area contributed by atoms with E-state index >= 15 is 0 Å². The summed E-state index contributed by atoms with van der Waals surface area (Å²) >= 11 is 0.980. The van der Waals surface area contributed by atoms with Crippen molar-refractivity contribution in [1.82, 2.24) is 10.2 Å². The van der Waals surface area contributed by atoms with Crippen molar-refractivity contribution >= 4 is 27.3 Å². The lowest BCUT2D eigenvalue weighted by Crippen LogP contribution is -2.69. The van der Waals surface area contributed by atoms with E-state index in [2.05, 4.69) is 28.8 Å². The first-order chi connectivity index (χ1) is 13.6.